The summed E-state index contributed by atoms with van der Waals surface area (Å²) in [5.41, 5.74) is -0.719. The van der Waals surface area contributed by atoms with Crippen LogP contribution in [0.5, 0.6) is 5.75 Å². The van der Waals surface area contributed by atoms with E-state index >= 15 is 0 Å². The number of rotatable bonds is 12. The smallest absolute Gasteiger partial charge is 0.296 e. The van der Waals surface area contributed by atoms with Crippen LogP contribution in [-0.4, -0.2) is 65.1 Å². The summed E-state index contributed by atoms with van der Waals surface area (Å²) in [6.07, 6.45) is 2.17. The number of aromatic hydroxyl groups is 1. The first-order valence-electron chi connectivity index (χ1n) is 14.1. The molecular weight excluding hydrogens is 774 g/mol. The predicted molar refractivity (Wildman–Crippen MR) is 183 cm³/mol. The van der Waals surface area contributed by atoms with Crippen molar-refractivity contribution >= 4 is 99.4 Å². The number of phenolic OH excluding ortho intramolecular Hbond substituents is 1. The first-order chi connectivity index (χ1) is 23.9. The van der Waals surface area contributed by atoms with Crippen LogP contribution in [0.2, 0.25) is 5.28 Å². The third-order valence-corrected chi connectivity index (χ3v) is 10.4. The molecule has 23 heteroatoms. The van der Waals surface area contributed by atoms with E-state index in [2.05, 4.69) is 35.8 Å². The van der Waals surface area contributed by atoms with Gasteiger partial charge < -0.3 is 19.9 Å². The number of nitrogens with one attached hydrogen (secondary N) is 2. The van der Waals surface area contributed by atoms with E-state index in [0.717, 1.165) is 48.1 Å². The van der Waals surface area contributed by atoms with Crippen molar-refractivity contribution in [2.75, 3.05) is 10.6 Å². The van der Waals surface area contributed by atoms with E-state index in [9.17, 15) is 44.0 Å². The van der Waals surface area contributed by atoms with Crippen LogP contribution in [0.25, 0.3) is 10.8 Å². The molecule has 5 aromatic rings. The number of azo groups is 1. The normalized spacial score (nSPS) is 13.9. The van der Waals surface area contributed by atoms with Crippen LogP contribution >= 0.6 is 23.6 Å². The van der Waals surface area contributed by atoms with Crippen molar-refractivity contribution in [1.29, 1.82) is 0 Å². The van der Waals surface area contributed by atoms with E-state index in [4.69, 9.17) is 15.8 Å². The van der Waals surface area contributed by atoms with Gasteiger partial charge in [-0.1, -0.05) is 6.07 Å². The van der Waals surface area contributed by atoms with E-state index in [1.807, 2.05) is 0 Å². The molecule has 1 aliphatic carbocycles. The third-order valence-electron chi connectivity index (χ3n) is 6.85. The molecule has 0 unspecified atom stereocenters. The van der Waals surface area contributed by atoms with Crippen LogP contribution < -0.4 is 10.6 Å². The van der Waals surface area contributed by atoms with Crippen LogP contribution in [-0.2, 0) is 34.5 Å². The molecule has 0 radical (unpaired) electrons. The summed E-state index contributed by atoms with van der Waals surface area (Å²) >= 11 is 7.27. The lowest BCUT2D eigenvalue weighted by Crippen LogP contribution is -2.06. The lowest BCUT2D eigenvalue weighted by molar-refractivity contribution is 0.360. The van der Waals surface area contributed by atoms with E-state index in [1.54, 1.807) is 24.3 Å². The van der Waals surface area contributed by atoms with Gasteiger partial charge in [0, 0.05) is 28.0 Å². The fourth-order valence-electron chi connectivity index (χ4n) is 4.41. The Morgan fingerprint density at radius 2 is 1.45 bits per heavy atom. The molecule has 0 atom stereocenters. The molecule has 0 aliphatic heterocycles. The van der Waals surface area contributed by atoms with Crippen molar-refractivity contribution in [3.63, 3.8) is 0 Å². The van der Waals surface area contributed by atoms with Gasteiger partial charge in [-0.25, -0.2) is 0 Å². The molecule has 0 amide bonds. The monoisotopic (exact) mass is 795 g/mol. The maximum atomic E-state index is 12.4. The van der Waals surface area contributed by atoms with Crippen molar-refractivity contribution in [2.45, 2.75) is 38.5 Å². The Morgan fingerprint density at radius 3 is 2.08 bits per heavy atom. The minimum absolute atomic E-state index is 0.0996. The molecule has 51 heavy (non-hydrogen) atoms. The highest BCUT2D eigenvalue weighted by molar-refractivity contribution is 7.94. The van der Waals surface area contributed by atoms with Crippen LogP contribution in [0, 0.1) is 0 Å². The van der Waals surface area contributed by atoms with Gasteiger partial charge in [-0.2, -0.15) is 45.3 Å². The topological polar surface area (TPSA) is 280 Å². The standard InChI is InChI=1S/C28H22ClN7O11S4/c29-26-32-27(30-16-2-1-3-19(12-16)49(38,39)40)34-28(33-26)31-21-13-20(50(41,42)43)10-14-11-22(51(44,45)46)24(25(37)23(14)21)36-35-15-4-8-18(9-5-15)48-47-17-6-7-17/h1-5,8-13,17,37H,6-7H2,(H,38,39,40)(H,41,42,43)(H,44,45,46)(H2,30,31,32,33,34). The predicted octanol–water partition coefficient (Wildman–Crippen LogP) is 6.21. The SMILES string of the molecule is O=S(=O)(O)c1cccc(Nc2nc(Cl)nc(Nc3cc(S(=O)(=O)O)cc4cc(S(=O)(=O)O)c(N=Nc5ccc(SOC6CC6)cc5)c(O)c34)n2)c1. The van der Waals surface area contributed by atoms with E-state index in [0.29, 0.717) is 0 Å². The van der Waals surface area contributed by atoms with Gasteiger partial charge in [-0.3, -0.25) is 13.7 Å². The number of anilines is 4. The molecule has 266 valence electrons. The summed E-state index contributed by atoms with van der Waals surface area (Å²) in [6, 6.07) is 13.9. The number of aromatic nitrogens is 3. The fourth-order valence-corrected chi connectivity index (χ4v) is 6.98. The molecule has 0 saturated heterocycles. The van der Waals surface area contributed by atoms with Gasteiger partial charge in [0.25, 0.3) is 30.4 Å². The molecule has 0 bridgehead atoms. The maximum Gasteiger partial charge on any atom is 0.296 e. The van der Waals surface area contributed by atoms with Crippen molar-refractivity contribution in [1.82, 2.24) is 15.0 Å². The molecule has 1 aromatic heterocycles. The van der Waals surface area contributed by atoms with Gasteiger partial charge in [0.15, 0.2) is 5.75 Å². The minimum atomic E-state index is -5.12. The number of halogens is 1. The zero-order valence-corrected chi connectivity index (χ0v) is 29.3. The number of phenols is 1. The number of hydrogen-bond donors (Lipinski definition) is 6. The van der Waals surface area contributed by atoms with E-state index in [-0.39, 0.29) is 45.8 Å². The lowest BCUT2D eigenvalue weighted by Gasteiger charge is -2.15. The molecule has 1 heterocycles. The second-order valence-corrected chi connectivity index (χ2v) is 16.1. The summed E-state index contributed by atoms with van der Waals surface area (Å²) in [6.45, 7) is 0. The first-order valence-corrected chi connectivity index (χ1v) is 19.5. The van der Waals surface area contributed by atoms with Gasteiger partial charge >= 0.3 is 0 Å². The van der Waals surface area contributed by atoms with Gasteiger partial charge in [-0.15, -0.1) is 5.11 Å². The zero-order chi connectivity index (χ0) is 36.7. The number of benzene rings is 4. The molecule has 0 spiro atoms. The number of nitrogens with zero attached hydrogens (tertiary/aromatic N) is 5. The van der Waals surface area contributed by atoms with Crippen LogP contribution in [0.4, 0.5) is 34.6 Å². The van der Waals surface area contributed by atoms with Crippen molar-refractivity contribution in [2.24, 2.45) is 10.2 Å². The summed E-state index contributed by atoms with van der Waals surface area (Å²) in [5.74, 6) is -1.54. The zero-order valence-electron chi connectivity index (χ0n) is 25.2. The summed E-state index contributed by atoms with van der Waals surface area (Å²) < 4.78 is 107. The molecule has 1 fully saturated rings. The lowest BCUT2D eigenvalue weighted by atomic mass is 10.1. The highest BCUT2D eigenvalue weighted by atomic mass is 35.5. The molecule has 1 aliphatic rings. The molecule has 18 nitrogen and oxygen atoms in total. The summed E-state index contributed by atoms with van der Waals surface area (Å²) in [5, 5.41) is 23.6. The Labute approximate surface area is 298 Å². The average Bonchev–Trinajstić information content (AvgIpc) is 3.87. The molecule has 6 N–H and O–H groups in total. The fraction of sp³-hybridized carbons (Fsp3) is 0.107. The van der Waals surface area contributed by atoms with Crippen LogP contribution in [0.3, 0.4) is 0 Å². The first kappa shape index (κ1) is 36.3. The molecular formula is C28H22ClN7O11S4. The van der Waals surface area contributed by atoms with Crippen LogP contribution in [0.15, 0.2) is 96.5 Å². The Balaban J connectivity index is 1.43. The second kappa shape index (κ2) is 13.9. The quantitative estimate of drug-likeness (QED) is 0.0465. The Bertz CT molecular complexity index is 2550. The van der Waals surface area contributed by atoms with Gasteiger partial charge in [0.05, 0.1) is 27.3 Å². The maximum absolute atomic E-state index is 12.4. The summed E-state index contributed by atoms with van der Waals surface area (Å²) in [4.78, 5) is 10.5. The van der Waals surface area contributed by atoms with Gasteiger partial charge in [0.2, 0.25) is 17.2 Å². The van der Waals surface area contributed by atoms with Crippen molar-refractivity contribution in [3.8, 4) is 5.75 Å². The molecule has 4 aromatic carbocycles. The highest BCUT2D eigenvalue weighted by Crippen LogP contribution is 2.46. The Kier molecular flexibility index (Phi) is 9.88. The largest absolute Gasteiger partial charge is 0.505 e. The number of hydrogen-bond acceptors (Lipinski definition) is 16. The highest BCUT2D eigenvalue weighted by Gasteiger charge is 2.26. The Morgan fingerprint density at radius 1 is 0.784 bits per heavy atom. The average molecular weight is 796 g/mol. The van der Waals surface area contributed by atoms with Crippen molar-refractivity contribution in [3.05, 3.63) is 72.0 Å². The second-order valence-electron chi connectivity index (χ2n) is 10.7. The molecule has 6 rings (SSSR count). The van der Waals surface area contributed by atoms with Gasteiger partial charge in [-0.05, 0) is 90.5 Å². The van der Waals surface area contributed by atoms with E-state index in [1.165, 1.54) is 24.2 Å². The molecule has 1 saturated carbocycles. The summed E-state index contributed by atoms with van der Waals surface area (Å²) in [7, 11) is -14.6. The van der Waals surface area contributed by atoms with Crippen molar-refractivity contribution < 1.29 is 48.2 Å². The minimum Gasteiger partial charge on any atom is -0.505 e. The number of fused-ring (bicyclic) bond motifs is 1. The Hall–Kier alpha value is -4.52. The van der Waals surface area contributed by atoms with Crippen LogP contribution in [0.1, 0.15) is 12.8 Å². The third kappa shape index (κ3) is 8.87. The van der Waals surface area contributed by atoms with E-state index < -0.39 is 61.8 Å². The van der Waals surface area contributed by atoms with Gasteiger partial charge in [0.1, 0.15) is 10.6 Å².